The fraction of sp³-hybridized carbons (Fsp3) is 0.176. The Labute approximate surface area is 112 Å². The number of hydrogen-bond acceptors (Lipinski definition) is 2. The van der Waals surface area contributed by atoms with Crippen LogP contribution in [0.1, 0.15) is 31.2 Å². The molecule has 2 nitrogen and oxygen atoms in total. The molecule has 0 fully saturated rings. The molecule has 3 aromatic rings. The van der Waals surface area contributed by atoms with E-state index in [-0.39, 0.29) is 0 Å². The van der Waals surface area contributed by atoms with Crippen molar-refractivity contribution in [1.82, 2.24) is 9.97 Å². The molecule has 1 aromatic carbocycles. The minimum atomic E-state index is 0.419. The Morgan fingerprint density at radius 2 is 1.47 bits per heavy atom. The second-order valence-corrected chi connectivity index (χ2v) is 5.04. The first-order valence-electron chi connectivity index (χ1n) is 6.52. The third-order valence-electron chi connectivity index (χ3n) is 3.36. The number of fused-ring (bicyclic) bond motifs is 3. The molecule has 0 amide bonds. The minimum Gasteiger partial charge on any atom is -0.250 e. The average Bonchev–Trinajstić information content (AvgIpc) is 2.45. The van der Waals surface area contributed by atoms with Gasteiger partial charge >= 0.3 is 0 Å². The quantitative estimate of drug-likeness (QED) is 0.622. The van der Waals surface area contributed by atoms with Gasteiger partial charge in [0.2, 0.25) is 0 Å². The van der Waals surface area contributed by atoms with Crippen LogP contribution >= 0.6 is 0 Å². The van der Waals surface area contributed by atoms with E-state index in [4.69, 9.17) is 4.98 Å². The number of pyridine rings is 2. The average molecular weight is 248 g/mol. The zero-order chi connectivity index (χ0) is 13.4. The van der Waals surface area contributed by atoms with Gasteiger partial charge in [-0.05, 0) is 24.1 Å². The monoisotopic (exact) mass is 248 g/mol. The third-order valence-corrected chi connectivity index (χ3v) is 3.36. The summed E-state index contributed by atoms with van der Waals surface area (Å²) < 4.78 is 0. The molecular formula is C17H16N2. The van der Waals surface area contributed by atoms with Crippen molar-refractivity contribution >= 4 is 27.9 Å². The van der Waals surface area contributed by atoms with Crippen LogP contribution in [0.5, 0.6) is 0 Å². The van der Waals surface area contributed by atoms with Crippen molar-refractivity contribution in [3.8, 4) is 0 Å². The number of hydrogen-bond donors (Lipinski definition) is 0. The maximum absolute atomic E-state index is 4.78. The van der Waals surface area contributed by atoms with E-state index in [0.717, 1.165) is 33.2 Å². The topological polar surface area (TPSA) is 25.8 Å². The van der Waals surface area contributed by atoms with Crippen molar-refractivity contribution in [3.05, 3.63) is 54.4 Å². The summed E-state index contributed by atoms with van der Waals surface area (Å²) in [4.78, 5) is 9.42. The summed E-state index contributed by atoms with van der Waals surface area (Å²) in [6.45, 7) is 8.09. The van der Waals surface area contributed by atoms with E-state index in [1.165, 1.54) is 0 Å². The van der Waals surface area contributed by atoms with Gasteiger partial charge in [0.15, 0.2) is 0 Å². The van der Waals surface area contributed by atoms with Crippen molar-refractivity contribution < 1.29 is 0 Å². The highest BCUT2D eigenvalue weighted by Crippen LogP contribution is 2.25. The molecule has 3 rings (SSSR count). The lowest BCUT2D eigenvalue weighted by molar-refractivity contribution is 0.830. The van der Waals surface area contributed by atoms with Gasteiger partial charge in [-0.15, -0.1) is 0 Å². The van der Waals surface area contributed by atoms with E-state index in [0.29, 0.717) is 5.92 Å². The van der Waals surface area contributed by atoms with Crippen LogP contribution in [0.3, 0.4) is 0 Å². The first kappa shape index (κ1) is 11.8. The van der Waals surface area contributed by atoms with E-state index in [1.54, 1.807) is 6.08 Å². The summed E-state index contributed by atoms with van der Waals surface area (Å²) in [6.07, 6.45) is 1.77. The van der Waals surface area contributed by atoms with Crippen molar-refractivity contribution in [3.63, 3.8) is 0 Å². The molecule has 0 saturated carbocycles. The maximum Gasteiger partial charge on any atom is 0.0971 e. The van der Waals surface area contributed by atoms with Gasteiger partial charge in [0.1, 0.15) is 0 Å². The van der Waals surface area contributed by atoms with E-state index < -0.39 is 0 Å². The molecule has 2 heteroatoms. The predicted octanol–water partition coefficient (Wildman–Crippen LogP) is 4.55. The maximum atomic E-state index is 4.78. The van der Waals surface area contributed by atoms with Crippen LogP contribution in [0.15, 0.2) is 43.0 Å². The molecular weight excluding hydrogens is 232 g/mol. The Hall–Kier alpha value is -2.22. The summed E-state index contributed by atoms with van der Waals surface area (Å²) in [5.74, 6) is 0.419. The van der Waals surface area contributed by atoms with Gasteiger partial charge in [0.05, 0.1) is 16.7 Å². The van der Waals surface area contributed by atoms with Crippen molar-refractivity contribution in [2.75, 3.05) is 0 Å². The fourth-order valence-corrected chi connectivity index (χ4v) is 2.23. The molecule has 94 valence electrons. The Bertz CT molecular complexity index is 773. The zero-order valence-corrected chi connectivity index (χ0v) is 11.2. The van der Waals surface area contributed by atoms with Gasteiger partial charge in [0, 0.05) is 16.5 Å². The number of aromatic nitrogens is 2. The lowest BCUT2D eigenvalue weighted by Crippen LogP contribution is -1.94. The highest BCUT2D eigenvalue weighted by Gasteiger charge is 2.07. The first-order valence-corrected chi connectivity index (χ1v) is 6.52. The van der Waals surface area contributed by atoms with Crippen LogP contribution < -0.4 is 0 Å². The Morgan fingerprint density at radius 3 is 2.11 bits per heavy atom. The van der Waals surface area contributed by atoms with Crippen LogP contribution in [0, 0.1) is 0 Å². The molecule has 0 unspecified atom stereocenters. The molecule has 0 atom stereocenters. The molecule has 0 radical (unpaired) electrons. The van der Waals surface area contributed by atoms with Crippen LogP contribution in [-0.2, 0) is 0 Å². The second-order valence-electron chi connectivity index (χ2n) is 5.04. The summed E-state index contributed by atoms with van der Waals surface area (Å²) >= 11 is 0. The van der Waals surface area contributed by atoms with Crippen LogP contribution in [0.2, 0.25) is 0 Å². The second kappa shape index (κ2) is 4.47. The van der Waals surface area contributed by atoms with Gasteiger partial charge in [-0.25, -0.2) is 4.98 Å². The number of nitrogens with zero attached hydrogens (tertiary/aromatic N) is 2. The smallest absolute Gasteiger partial charge is 0.0971 e. The summed E-state index contributed by atoms with van der Waals surface area (Å²) in [6, 6.07) is 12.5. The van der Waals surface area contributed by atoms with Crippen LogP contribution in [0.4, 0.5) is 0 Å². The van der Waals surface area contributed by atoms with Gasteiger partial charge in [-0.1, -0.05) is 44.7 Å². The van der Waals surface area contributed by atoms with Crippen LogP contribution in [0.25, 0.3) is 27.9 Å². The van der Waals surface area contributed by atoms with E-state index in [1.807, 2.05) is 6.07 Å². The third kappa shape index (κ3) is 1.99. The Kier molecular flexibility index (Phi) is 2.79. The summed E-state index contributed by atoms with van der Waals surface area (Å²) in [5.41, 5.74) is 3.92. The molecule has 0 aliphatic carbocycles. The van der Waals surface area contributed by atoms with Crippen molar-refractivity contribution in [1.29, 1.82) is 0 Å². The molecule has 0 aliphatic rings. The van der Waals surface area contributed by atoms with Gasteiger partial charge in [-0.2, -0.15) is 0 Å². The fourth-order valence-electron chi connectivity index (χ4n) is 2.23. The molecule has 2 aromatic heterocycles. The van der Waals surface area contributed by atoms with E-state index in [2.05, 4.69) is 55.7 Å². The van der Waals surface area contributed by atoms with Gasteiger partial charge < -0.3 is 0 Å². The van der Waals surface area contributed by atoms with Crippen LogP contribution in [-0.4, -0.2) is 9.97 Å². The normalized spacial score (nSPS) is 11.3. The molecule has 2 heterocycles. The summed E-state index contributed by atoms with van der Waals surface area (Å²) in [5, 5.41) is 2.25. The summed E-state index contributed by atoms with van der Waals surface area (Å²) in [7, 11) is 0. The molecule has 0 bridgehead atoms. The highest BCUT2D eigenvalue weighted by atomic mass is 14.8. The van der Waals surface area contributed by atoms with Crippen molar-refractivity contribution in [2.24, 2.45) is 0 Å². The largest absolute Gasteiger partial charge is 0.250 e. The highest BCUT2D eigenvalue weighted by molar-refractivity contribution is 6.02. The molecule has 0 aliphatic heterocycles. The molecule has 0 saturated heterocycles. The number of rotatable bonds is 2. The SMILES string of the molecule is C=Cc1ccc2ccc3ccc(C(C)C)nc3c2n1. The van der Waals surface area contributed by atoms with Gasteiger partial charge in [0.25, 0.3) is 0 Å². The lowest BCUT2D eigenvalue weighted by atomic mass is 10.1. The first-order chi connectivity index (χ1) is 9.19. The lowest BCUT2D eigenvalue weighted by Gasteiger charge is -2.08. The van der Waals surface area contributed by atoms with Gasteiger partial charge in [-0.3, -0.25) is 4.98 Å². The molecule has 0 spiro atoms. The van der Waals surface area contributed by atoms with Crippen molar-refractivity contribution in [2.45, 2.75) is 19.8 Å². The molecule has 19 heavy (non-hydrogen) atoms. The van der Waals surface area contributed by atoms with E-state index in [9.17, 15) is 0 Å². The Balaban J connectivity index is 2.41. The Morgan fingerprint density at radius 1 is 0.895 bits per heavy atom. The van der Waals surface area contributed by atoms with E-state index >= 15 is 0 Å². The predicted molar refractivity (Wildman–Crippen MR) is 81.2 cm³/mol. The number of benzene rings is 1. The minimum absolute atomic E-state index is 0.419. The zero-order valence-electron chi connectivity index (χ0n) is 11.2. The molecule has 0 N–H and O–H groups in total. The standard InChI is InChI=1S/C17H16N2/c1-4-14-9-7-12-5-6-13-8-10-15(11(2)3)19-17(13)16(12)18-14/h4-11H,1H2,2-3H3.